The van der Waals surface area contributed by atoms with Crippen LogP contribution in [0.15, 0.2) is 94.7 Å². The Morgan fingerprint density at radius 1 is 0.920 bits per heavy atom. The van der Waals surface area contributed by atoms with Gasteiger partial charge in [-0.1, -0.05) is 61.5 Å². The number of anilines is 2. The van der Waals surface area contributed by atoms with Gasteiger partial charge in [0.25, 0.3) is 0 Å². The lowest BCUT2D eigenvalue weighted by Crippen LogP contribution is -2.09. The van der Waals surface area contributed by atoms with E-state index in [1.54, 1.807) is 6.21 Å². The molecule has 0 amide bonds. The molecule has 4 nitrogen and oxygen atoms in total. The maximum absolute atomic E-state index is 4.52. The van der Waals surface area contributed by atoms with Gasteiger partial charge in [0.1, 0.15) is 5.71 Å². The van der Waals surface area contributed by atoms with Crippen LogP contribution in [0, 0.1) is 0 Å². The number of rotatable bonds is 8. The topological polar surface area (TPSA) is 48.8 Å². The summed E-state index contributed by atoms with van der Waals surface area (Å²) in [5, 5.41) is 8.84. The van der Waals surface area contributed by atoms with Crippen molar-refractivity contribution in [3.8, 4) is 0 Å². The highest BCUT2D eigenvalue weighted by atomic mass is 15.3. The van der Waals surface area contributed by atoms with Gasteiger partial charge in [0.05, 0.1) is 17.6 Å². The molecule has 0 saturated heterocycles. The Kier molecular flexibility index (Phi) is 7.72. The first-order valence-electron chi connectivity index (χ1n) is 8.38. The fourth-order valence-corrected chi connectivity index (χ4v) is 2.10. The van der Waals surface area contributed by atoms with Gasteiger partial charge in [-0.25, -0.2) is 0 Å². The molecule has 2 N–H and O–H groups in total. The van der Waals surface area contributed by atoms with E-state index >= 15 is 0 Å². The summed E-state index contributed by atoms with van der Waals surface area (Å²) in [5.41, 5.74) is 9.87. The zero-order chi connectivity index (χ0) is 17.7. The van der Waals surface area contributed by atoms with Crippen molar-refractivity contribution in [1.82, 2.24) is 0 Å². The fraction of sp³-hybridized carbons (Fsp3) is 0.143. The monoisotopic (exact) mass is 332 g/mol. The molecule has 0 unspecified atom stereocenters. The summed E-state index contributed by atoms with van der Waals surface area (Å²) in [7, 11) is 0. The van der Waals surface area contributed by atoms with Crippen molar-refractivity contribution in [2.75, 3.05) is 10.9 Å². The average molecular weight is 332 g/mol. The molecule has 4 heteroatoms. The lowest BCUT2D eigenvalue weighted by atomic mass is 10.1. The molecule has 0 aliphatic carbocycles. The first-order chi connectivity index (χ1) is 12.3. The predicted octanol–water partition coefficient (Wildman–Crippen LogP) is 5.46. The Labute approximate surface area is 149 Å². The van der Waals surface area contributed by atoms with Crippen LogP contribution in [0.25, 0.3) is 0 Å². The highest BCUT2D eigenvalue weighted by Gasteiger charge is 2.02. The van der Waals surface area contributed by atoms with Crippen molar-refractivity contribution in [3.05, 3.63) is 84.5 Å². The van der Waals surface area contributed by atoms with E-state index in [-0.39, 0.29) is 0 Å². The van der Waals surface area contributed by atoms with Crippen molar-refractivity contribution < 1.29 is 0 Å². The Hall–Kier alpha value is -3.14. The molecule has 0 fully saturated rings. The third kappa shape index (κ3) is 6.47. The van der Waals surface area contributed by atoms with Gasteiger partial charge in [-0.2, -0.15) is 10.2 Å². The van der Waals surface area contributed by atoms with Gasteiger partial charge in [0, 0.05) is 0 Å². The van der Waals surface area contributed by atoms with E-state index in [1.807, 2.05) is 79.7 Å². The minimum atomic E-state index is 0.785. The Balaban J connectivity index is 2.18. The third-order valence-corrected chi connectivity index (χ3v) is 3.43. The first kappa shape index (κ1) is 18.2. The lowest BCUT2D eigenvalue weighted by Gasteiger charge is -2.06. The van der Waals surface area contributed by atoms with Crippen molar-refractivity contribution in [3.63, 3.8) is 0 Å². The molecule has 0 aliphatic rings. The second-order valence-electron chi connectivity index (χ2n) is 5.28. The predicted molar refractivity (Wildman–Crippen MR) is 109 cm³/mol. The van der Waals surface area contributed by atoms with E-state index in [2.05, 4.69) is 34.1 Å². The van der Waals surface area contributed by atoms with Crippen LogP contribution in [0.4, 0.5) is 11.4 Å². The molecule has 2 aromatic rings. The van der Waals surface area contributed by atoms with Crippen LogP contribution in [-0.4, -0.2) is 11.9 Å². The number of benzene rings is 2. The van der Waals surface area contributed by atoms with Gasteiger partial charge < -0.3 is 0 Å². The first-order valence-corrected chi connectivity index (χ1v) is 8.38. The van der Waals surface area contributed by atoms with Crippen LogP contribution in [0.1, 0.15) is 20.3 Å². The summed E-state index contributed by atoms with van der Waals surface area (Å²) in [4.78, 5) is 0. The van der Waals surface area contributed by atoms with E-state index in [4.69, 9.17) is 0 Å². The smallest absolute Gasteiger partial charge is 0.107 e. The normalized spacial score (nSPS) is 12.7. The zero-order valence-electron chi connectivity index (χ0n) is 14.7. The molecular weight excluding hydrogens is 308 g/mol. The molecule has 0 aromatic heterocycles. The minimum absolute atomic E-state index is 0.785. The molecule has 0 spiro atoms. The molecule has 0 aliphatic heterocycles. The highest BCUT2D eigenvalue weighted by molar-refractivity contribution is 6.38. The van der Waals surface area contributed by atoms with Crippen LogP contribution in [-0.2, 0) is 0 Å². The van der Waals surface area contributed by atoms with Gasteiger partial charge in [0.2, 0.25) is 0 Å². The quantitative estimate of drug-likeness (QED) is 0.383. The van der Waals surface area contributed by atoms with Crippen LogP contribution in [0.5, 0.6) is 0 Å². The molecule has 128 valence electrons. The van der Waals surface area contributed by atoms with Gasteiger partial charge in [0.15, 0.2) is 0 Å². The van der Waals surface area contributed by atoms with E-state index in [9.17, 15) is 0 Å². The molecule has 0 heterocycles. The van der Waals surface area contributed by atoms with E-state index in [0.717, 1.165) is 29.1 Å². The van der Waals surface area contributed by atoms with E-state index in [1.165, 1.54) is 0 Å². The maximum Gasteiger partial charge on any atom is 0.107 e. The van der Waals surface area contributed by atoms with Crippen molar-refractivity contribution in [1.29, 1.82) is 0 Å². The lowest BCUT2D eigenvalue weighted by molar-refractivity contribution is 1.16. The molecule has 0 bridgehead atoms. The zero-order valence-corrected chi connectivity index (χ0v) is 14.7. The fourth-order valence-electron chi connectivity index (χ4n) is 2.10. The number of hydrogen-bond acceptors (Lipinski definition) is 4. The third-order valence-electron chi connectivity index (χ3n) is 3.43. The molecule has 0 atom stereocenters. The van der Waals surface area contributed by atoms with Crippen LogP contribution in [0.3, 0.4) is 0 Å². The van der Waals surface area contributed by atoms with Gasteiger partial charge >= 0.3 is 0 Å². The van der Waals surface area contributed by atoms with Crippen LogP contribution >= 0.6 is 0 Å². The summed E-state index contributed by atoms with van der Waals surface area (Å²) < 4.78 is 0. The van der Waals surface area contributed by atoms with E-state index < -0.39 is 0 Å². The number of para-hydroxylation sites is 2. The maximum atomic E-state index is 4.52. The van der Waals surface area contributed by atoms with Gasteiger partial charge in [-0.05, 0) is 43.2 Å². The number of hydrogen-bond donors (Lipinski definition) is 2. The second kappa shape index (κ2) is 10.6. The Morgan fingerprint density at radius 3 is 2.08 bits per heavy atom. The van der Waals surface area contributed by atoms with Gasteiger partial charge in [-0.3, -0.25) is 10.9 Å². The number of nitrogens with zero attached hydrogens (tertiary/aromatic N) is 2. The summed E-state index contributed by atoms with van der Waals surface area (Å²) in [6.07, 6.45) is 8.66. The summed E-state index contributed by atoms with van der Waals surface area (Å²) in [5.74, 6) is 0. The molecular formula is C21H24N4. The molecule has 25 heavy (non-hydrogen) atoms. The Bertz CT molecular complexity index is 744. The Morgan fingerprint density at radius 2 is 1.52 bits per heavy atom. The van der Waals surface area contributed by atoms with Crippen LogP contribution < -0.4 is 10.9 Å². The number of nitrogens with one attached hydrogen (secondary N) is 2. The van der Waals surface area contributed by atoms with Crippen molar-refractivity contribution in [2.45, 2.75) is 20.3 Å². The van der Waals surface area contributed by atoms with Crippen molar-refractivity contribution in [2.24, 2.45) is 10.2 Å². The average Bonchev–Trinajstić information content (AvgIpc) is 2.67. The SMILES string of the molecule is C\C=C/C=C(CC)/C(/C=N/Nc1ccccc1)=N\Nc1ccccc1. The van der Waals surface area contributed by atoms with E-state index in [0.29, 0.717) is 0 Å². The molecule has 0 radical (unpaired) electrons. The number of hydrazone groups is 2. The summed E-state index contributed by atoms with van der Waals surface area (Å²) in [6, 6.07) is 19.7. The number of allylic oxidation sites excluding steroid dienone is 4. The van der Waals surface area contributed by atoms with Crippen molar-refractivity contribution >= 4 is 23.3 Å². The van der Waals surface area contributed by atoms with Crippen LogP contribution in [0.2, 0.25) is 0 Å². The molecule has 0 saturated carbocycles. The second-order valence-corrected chi connectivity index (χ2v) is 5.28. The molecule has 2 aromatic carbocycles. The highest BCUT2D eigenvalue weighted by Crippen LogP contribution is 2.09. The summed E-state index contributed by atoms with van der Waals surface area (Å²) >= 11 is 0. The minimum Gasteiger partial charge on any atom is -0.278 e. The summed E-state index contributed by atoms with van der Waals surface area (Å²) in [6.45, 7) is 4.10. The molecule has 2 rings (SSSR count). The standard InChI is InChI=1S/C21H24N4/c1-3-5-12-18(4-2)21(25-24-20-15-10-7-11-16-20)17-22-23-19-13-8-6-9-14-19/h3,5-17,23-24H,4H2,1-2H3/b5-3-,18-12+,22-17+,25-21-. The van der Waals surface area contributed by atoms with Gasteiger partial charge in [-0.15, -0.1) is 0 Å². The largest absolute Gasteiger partial charge is 0.278 e.